The summed E-state index contributed by atoms with van der Waals surface area (Å²) in [5.41, 5.74) is 0. The normalized spacial score (nSPS) is 18.3. The Labute approximate surface area is 111 Å². The molecule has 2 heterocycles. The van der Waals surface area contributed by atoms with E-state index in [4.69, 9.17) is 4.74 Å². The molecule has 106 valence electrons. The zero-order valence-corrected chi connectivity index (χ0v) is 11.3. The molecule has 1 amide bonds. The third-order valence-corrected chi connectivity index (χ3v) is 3.26. The Hall–Kier alpha value is -1.70. The molecule has 0 aliphatic carbocycles. The third kappa shape index (κ3) is 3.63. The van der Waals surface area contributed by atoms with E-state index in [0.717, 1.165) is 25.9 Å². The summed E-state index contributed by atoms with van der Waals surface area (Å²) in [6, 6.07) is 0.414. The Bertz CT molecular complexity index is 388. The van der Waals surface area contributed by atoms with Crippen molar-refractivity contribution < 1.29 is 9.53 Å². The van der Waals surface area contributed by atoms with Crippen molar-refractivity contribution in [3.8, 4) is 0 Å². The zero-order chi connectivity index (χ0) is 13.7. The van der Waals surface area contributed by atoms with Crippen molar-refractivity contribution in [2.24, 2.45) is 0 Å². The molecule has 2 N–H and O–H groups in total. The lowest BCUT2D eigenvalue weighted by molar-refractivity contribution is 0.0943. The summed E-state index contributed by atoms with van der Waals surface area (Å²) in [5, 5.41) is 17.3. The van der Waals surface area contributed by atoms with E-state index < -0.39 is 0 Å². The molecule has 8 nitrogen and oxygen atoms in total. The van der Waals surface area contributed by atoms with Crippen LogP contribution >= 0.6 is 0 Å². The first-order valence-electron chi connectivity index (χ1n) is 6.61. The van der Waals surface area contributed by atoms with Crippen LogP contribution in [0.3, 0.4) is 0 Å². The predicted octanol–water partition coefficient (Wildman–Crippen LogP) is 0.471. The van der Waals surface area contributed by atoms with Gasteiger partial charge in [0.2, 0.25) is 0 Å². The number of H-pyrrole nitrogens is 1. The smallest absolute Gasteiger partial charge is 0.409 e. The first-order chi connectivity index (χ1) is 9.20. The molecule has 1 saturated heterocycles. The Kier molecular flexibility index (Phi) is 4.67. The van der Waals surface area contributed by atoms with Crippen LogP contribution < -0.4 is 5.32 Å². The first kappa shape index (κ1) is 13.7. The van der Waals surface area contributed by atoms with E-state index in [1.54, 1.807) is 4.90 Å². The fraction of sp³-hybridized carbons (Fsp3) is 0.818. The highest BCUT2D eigenvalue weighted by Gasteiger charge is 2.25. The topological polar surface area (TPSA) is 96.0 Å². The molecule has 2 rings (SSSR count). The highest BCUT2D eigenvalue weighted by molar-refractivity contribution is 5.67. The maximum absolute atomic E-state index is 11.6. The van der Waals surface area contributed by atoms with Crippen LogP contribution in [-0.2, 0) is 4.74 Å². The van der Waals surface area contributed by atoms with E-state index in [2.05, 4.69) is 25.9 Å². The number of piperidine rings is 1. The van der Waals surface area contributed by atoms with Crippen LogP contribution in [0.2, 0.25) is 0 Å². The predicted molar refractivity (Wildman–Crippen MR) is 67.3 cm³/mol. The summed E-state index contributed by atoms with van der Waals surface area (Å²) in [6.07, 6.45) is 1.59. The fourth-order valence-electron chi connectivity index (χ4n) is 2.22. The third-order valence-electron chi connectivity index (χ3n) is 3.26. The standard InChI is InChI=1S/C11H20N6O2/c1-3-19-11(18)17-6-4-9(5-7-17)12-8(2)10-13-15-16-14-10/h8-9,12H,3-7H2,1-2H3,(H,13,14,15,16). The van der Waals surface area contributed by atoms with Crippen LogP contribution in [0.5, 0.6) is 0 Å². The Morgan fingerprint density at radius 1 is 1.58 bits per heavy atom. The number of nitrogens with one attached hydrogen (secondary N) is 2. The van der Waals surface area contributed by atoms with Gasteiger partial charge >= 0.3 is 6.09 Å². The monoisotopic (exact) mass is 268 g/mol. The van der Waals surface area contributed by atoms with Crippen molar-refractivity contribution in [2.45, 2.75) is 38.8 Å². The van der Waals surface area contributed by atoms with Gasteiger partial charge in [-0.1, -0.05) is 5.21 Å². The summed E-state index contributed by atoms with van der Waals surface area (Å²) in [7, 11) is 0. The summed E-state index contributed by atoms with van der Waals surface area (Å²) in [4.78, 5) is 13.3. The average molecular weight is 268 g/mol. The molecular formula is C11H20N6O2. The Morgan fingerprint density at radius 3 is 2.89 bits per heavy atom. The minimum Gasteiger partial charge on any atom is -0.450 e. The van der Waals surface area contributed by atoms with Gasteiger partial charge in [-0.3, -0.25) is 0 Å². The van der Waals surface area contributed by atoms with Crippen molar-refractivity contribution in [1.82, 2.24) is 30.8 Å². The number of tetrazole rings is 1. The Morgan fingerprint density at radius 2 is 2.32 bits per heavy atom. The molecule has 1 aromatic rings. The van der Waals surface area contributed by atoms with Gasteiger partial charge in [-0.15, -0.1) is 10.2 Å². The molecule has 0 bridgehead atoms. The maximum Gasteiger partial charge on any atom is 0.409 e. The molecule has 19 heavy (non-hydrogen) atoms. The quantitative estimate of drug-likeness (QED) is 0.824. The Balaban J connectivity index is 1.76. The fourth-order valence-corrected chi connectivity index (χ4v) is 2.22. The van der Waals surface area contributed by atoms with Crippen molar-refractivity contribution in [3.05, 3.63) is 5.82 Å². The van der Waals surface area contributed by atoms with Crippen LogP contribution in [0.15, 0.2) is 0 Å². The van der Waals surface area contributed by atoms with Gasteiger partial charge in [0.25, 0.3) is 0 Å². The van der Waals surface area contributed by atoms with Gasteiger partial charge in [0.1, 0.15) is 0 Å². The molecular weight excluding hydrogens is 248 g/mol. The van der Waals surface area contributed by atoms with E-state index in [-0.39, 0.29) is 12.1 Å². The molecule has 1 aliphatic rings. The van der Waals surface area contributed by atoms with Crippen molar-refractivity contribution >= 4 is 6.09 Å². The van der Waals surface area contributed by atoms with Gasteiger partial charge in [-0.25, -0.2) is 4.79 Å². The van der Waals surface area contributed by atoms with Gasteiger partial charge in [0, 0.05) is 19.1 Å². The van der Waals surface area contributed by atoms with Crippen molar-refractivity contribution in [2.75, 3.05) is 19.7 Å². The van der Waals surface area contributed by atoms with Gasteiger partial charge in [-0.05, 0) is 26.7 Å². The molecule has 0 radical (unpaired) electrons. The molecule has 8 heteroatoms. The summed E-state index contributed by atoms with van der Waals surface area (Å²) in [5.74, 6) is 0.660. The lowest BCUT2D eigenvalue weighted by Gasteiger charge is -2.32. The maximum atomic E-state index is 11.6. The van der Waals surface area contributed by atoms with Crippen LogP contribution in [0.1, 0.15) is 38.6 Å². The van der Waals surface area contributed by atoms with E-state index in [9.17, 15) is 4.79 Å². The lowest BCUT2D eigenvalue weighted by Crippen LogP contribution is -2.45. The van der Waals surface area contributed by atoms with E-state index in [1.807, 2.05) is 13.8 Å². The molecule has 1 aromatic heterocycles. The number of ether oxygens (including phenoxy) is 1. The molecule has 1 aliphatic heterocycles. The second-order valence-corrected chi connectivity index (χ2v) is 4.62. The van der Waals surface area contributed by atoms with E-state index in [1.165, 1.54) is 0 Å². The van der Waals surface area contributed by atoms with Gasteiger partial charge in [0.15, 0.2) is 5.82 Å². The van der Waals surface area contributed by atoms with Crippen LogP contribution in [0.25, 0.3) is 0 Å². The molecule has 1 fully saturated rings. The SMILES string of the molecule is CCOC(=O)N1CCC(NC(C)c2nn[nH]n2)CC1. The number of carbonyl (C=O) groups excluding carboxylic acids is 1. The number of likely N-dealkylation sites (tertiary alicyclic amines) is 1. The number of hydrogen-bond donors (Lipinski definition) is 2. The lowest BCUT2D eigenvalue weighted by atomic mass is 10.0. The number of hydrogen-bond acceptors (Lipinski definition) is 6. The first-order valence-corrected chi connectivity index (χ1v) is 6.61. The molecule has 0 saturated carbocycles. The number of nitrogens with zero attached hydrogens (tertiary/aromatic N) is 4. The minimum absolute atomic E-state index is 0.0536. The van der Waals surface area contributed by atoms with Crippen molar-refractivity contribution in [1.29, 1.82) is 0 Å². The minimum atomic E-state index is -0.216. The number of aromatic nitrogens is 4. The summed E-state index contributed by atoms with van der Waals surface area (Å²) < 4.78 is 4.99. The van der Waals surface area contributed by atoms with Gasteiger partial charge in [-0.2, -0.15) is 5.21 Å². The van der Waals surface area contributed by atoms with Crippen LogP contribution in [0, 0.1) is 0 Å². The average Bonchev–Trinajstić information content (AvgIpc) is 2.94. The summed E-state index contributed by atoms with van der Waals surface area (Å²) >= 11 is 0. The molecule has 0 spiro atoms. The van der Waals surface area contributed by atoms with Gasteiger partial charge < -0.3 is 15.0 Å². The highest BCUT2D eigenvalue weighted by Crippen LogP contribution is 2.15. The van der Waals surface area contributed by atoms with E-state index >= 15 is 0 Å². The number of rotatable bonds is 4. The van der Waals surface area contributed by atoms with Crippen molar-refractivity contribution in [3.63, 3.8) is 0 Å². The van der Waals surface area contributed by atoms with Gasteiger partial charge in [0.05, 0.1) is 12.6 Å². The van der Waals surface area contributed by atoms with Crippen LogP contribution in [-0.4, -0.2) is 57.4 Å². The van der Waals surface area contributed by atoms with Crippen LogP contribution in [0.4, 0.5) is 4.79 Å². The number of aromatic amines is 1. The largest absolute Gasteiger partial charge is 0.450 e. The second-order valence-electron chi connectivity index (χ2n) is 4.62. The second kappa shape index (κ2) is 6.46. The highest BCUT2D eigenvalue weighted by atomic mass is 16.6. The number of carbonyl (C=O) groups is 1. The molecule has 1 atom stereocenters. The summed E-state index contributed by atoms with van der Waals surface area (Å²) in [6.45, 7) is 5.68. The zero-order valence-electron chi connectivity index (χ0n) is 11.3. The molecule has 0 aromatic carbocycles. The van der Waals surface area contributed by atoms with E-state index in [0.29, 0.717) is 18.5 Å². The number of amides is 1. The molecule has 1 unspecified atom stereocenters.